The summed E-state index contributed by atoms with van der Waals surface area (Å²) >= 11 is 0. The number of urea groups is 1. The molecule has 4 nitrogen and oxygen atoms in total. The summed E-state index contributed by atoms with van der Waals surface area (Å²) in [5.74, 6) is 0. The first-order valence-corrected chi connectivity index (χ1v) is 1.96. The van der Waals surface area contributed by atoms with Crippen molar-refractivity contribution in [3.05, 3.63) is 0 Å². The van der Waals surface area contributed by atoms with E-state index in [2.05, 4.69) is 17.2 Å². The number of carbonyl (C=O) groups is 1. The second kappa shape index (κ2) is 9.23. The van der Waals surface area contributed by atoms with Crippen LogP contribution in [-0.4, -0.2) is 20.1 Å². The van der Waals surface area contributed by atoms with Crippen molar-refractivity contribution in [3.63, 3.8) is 0 Å². The van der Waals surface area contributed by atoms with E-state index in [1.165, 1.54) is 0 Å². The number of nitrogens with zero attached hydrogens (tertiary/aromatic N) is 1. The third kappa shape index (κ3) is 8.83. The molecule has 4 heteroatoms. The molecule has 0 aromatic carbocycles. The lowest BCUT2D eigenvalue weighted by molar-refractivity contribution is 0.245. The van der Waals surface area contributed by atoms with Gasteiger partial charge >= 0.3 is 6.03 Å². The normalized spacial score (nSPS) is 5.50. The number of hydrogen-bond donors (Lipinski definition) is 2. The summed E-state index contributed by atoms with van der Waals surface area (Å²) in [5, 5.41) is 11.2. The zero-order valence-corrected chi connectivity index (χ0v) is 4.93. The fourth-order valence-corrected chi connectivity index (χ4v) is 0.125. The van der Waals surface area contributed by atoms with Crippen molar-refractivity contribution in [2.24, 2.45) is 0 Å². The third-order valence-corrected chi connectivity index (χ3v) is 0.454. The van der Waals surface area contributed by atoms with Crippen LogP contribution in [0.2, 0.25) is 0 Å². The van der Waals surface area contributed by atoms with E-state index in [0.29, 0.717) is 0 Å². The van der Waals surface area contributed by atoms with E-state index >= 15 is 0 Å². The number of nitriles is 1. The maximum atomic E-state index is 9.96. The van der Waals surface area contributed by atoms with Gasteiger partial charge in [-0.05, 0) is 0 Å². The van der Waals surface area contributed by atoms with Crippen molar-refractivity contribution in [1.29, 1.82) is 5.26 Å². The molecule has 0 aromatic heterocycles. The number of amides is 2. The Morgan fingerprint density at radius 2 is 1.62 bits per heavy atom. The summed E-state index contributed by atoms with van der Waals surface area (Å²) in [4.78, 5) is 9.96. The second-order valence-corrected chi connectivity index (χ2v) is 0.829. The predicted molar refractivity (Wildman–Crippen MR) is 30.2 cm³/mol. The highest BCUT2D eigenvalue weighted by Crippen LogP contribution is 1.48. The van der Waals surface area contributed by atoms with Crippen LogP contribution in [0.4, 0.5) is 4.79 Å². The zero-order chi connectivity index (χ0) is 6.99. The van der Waals surface area contributed by atoms with Gasteiger partial charge in [0, 0.05) is 20.7 Å². The van der Waals surface area contributed by atoms with E-state index in [-0.39, 0.29) is 6.03 Å². The SMILES string of the molecule is C#N.CNC(=O)NC. The fraction of sp³-hybridized carbons (Fsp3) is 0.500. The van der Waals surface area contributed by atoms with Gasteiger partial charge in [-0.15, -0.1) is 0 Å². The van der Waals surface area contributed by atoms with Crippen LogP contribution in [0, 0.1) is 11.8 Å². The van der Waals surface area contributed by atoms with Gasteiger partial charge in [0.2, 0.25) is 0 Å². The minimum Gasteiger partial charge on any atom is -0.341 e. The Hall–Kier alpha value is -1.24. The summed E-state index contributed by atoms with van der Waals surface area (Å²) in [7, 11) is 3.14. The molecule has 0 bridgehead atoms. The van der Waals surface area contributed by atoms with Gasteiger partial charge in [0.05, 0.1) is 0 Å². The average Bonchev–Trinajstić information content (AvgIpc) is 1.91. The minimum absolute atomic E-state index is 0.157. The quantitative estimate of drug-likeness (QED) is 0.454. The Morgan fingerprint density at radius 3 is 1.62 bits per heavy atom. The number of nitrogens with one attached hydrogen (secondary N) is 2. The minimum atomic E-state index is -0.157. The number of rotatable bonds is 0. The molecule has 0 unspecified atom stereocenters. The Kier molecular flexibility index (Phi) is 11.4. The lowest BCUT2D eigenvalue weighted by Gasteiger charge is -1.91. The van der Waals surface area contributed by atoms with Gasteiger partial charge in [0.1, 0.15) is 0 Å². The summed E-state index contributed by atoms with van der Waals surface area (Å²) in [6.45, 7) is 3.50. The molecule has 0 spiro atoms. The van der Waals surface area contributed by atoms with Gasteiger partial charge in [-0.3, -0.25) is 0 Å². The average molecular weight is 115 g/mol. The van der Waals surface area contributed by atoms with Crippen molar-refractivity contribution < 1.29 is 4.79 Å². The second-order valence-electron chi connectivity index (χ2n) is 0.829. The Bertz CT molecular complexity index is 72.6. The molecule has 0 radical (unpaired) electrons. The van der Waals surface area contributed by atoms with Crippen molar-refractivity contribution in [2.45, 2.75) is 0 Å². The molecule has 0 aliphatic carbocycles. The lowest BCUT2D eigenvalue weighted by Crippen LogP contribution is -2.28. The van der Waals surface area contributed by atoms with E-state index in [1.54, 1.807) is 14.1 Å². The van der Waals surface area contributed by atoms with Crippen molar-refractivity contribution in [3.8, 4) is 6.57 Å². The lowest BCUT2D eigenvalue weighted by atomic mass is 11.0. The van der Waals surface area contributed by atoms with Crippen molar-refractivity contribution >= 4 is 6.03 Å². The summed E-state index contributed by atoms with van der Waals surface area (Å²) < 4.78 is 0. The van der Waals surface area contributed by atoms with Crippen LogP contribution in [-0.2, 0) is 0 Å². The van der Waals surface area contributed by atoms with Crippen LogP contribution in [0.25, 0.3) is 0 Å². The molecular weight excluding hydrogens is 106 g/mol. The molecule has 2 amide bonds. The van der Waals surface area contributed by atoms with Crippen molar-refractivity contribution in [1.82, 2.24) is 10.6 Å². The molecule has 0 saturated carbocycles. The van der Waals surface area contributed by atoms with Crippen LogP contribution in [0.5, 0.6) is 0 Å². The van der Waals surface area contributed by atoms with Gasteiger partial charge < -0.3 is 10.6 Å². The predicted octanol–water partition coefficient (Wildman–Crippen LogP) is -0.315. The summed E-state index contributed by atoms with van der Waals surface area (Å²) in [6, 6.07) is -0.157. The van der Waals surface area contributed by atoms with E-state index < -0.39 is 0 Å². The first-order valence-electron chi connectivity index (χ1n) is 1.96. The first kappa shape index (κ1) is 9.90. The zero-order valence-electron chi connectivity index (χ0n) is 4.93. The van der Waals surface area contributed by atoms with Crippen LogP contribution in [0.1, 0.15) is 0 Å². The highest BCUT2D eigenvalue weighted by atomic mass is 16.2. The third-order valence-electron chi connectivity index (χ3n) is 0.454. The van der Waals surface area contributed by atoms with Gasteiger partial charge in [-0.25, -0.2) is 10.1 Å². The van der Waals surface area contributed by atoms with Gasteiger partial charge in [0.25, 0.3) is 0 Å². The highest BCUT2D eigenvalue weighted by molar-refractivity contribution is 5.72. The molecular formula is C4H9N3O. The van der Waals surface area contributed by atoms with Crippen LogP contribution in [0.15, 0.2) is 0 Å². The van der Waals surface area contributed by atoms with Gasteiger partial charge in [-0.1, -0.05) is 0 Å². The molecule has 0 heterocycles. The van der Waals surface area contributed by atoms with E-state index in [4.69, 9.17) is 5.26 Å². The maximum Gasteiger partial charge on any atom is 0.314 e. The standard InChI is InChI=1S/C3H8N2O.CHN/c1-4-3(6)5-2;1-2/h1-2H3,(H2,4,5,6);1H. The van der Waals surface area contributed by atoms with Gasteiger partial charge in [-0.2, -0.15) is 0 Å². The topological polar surface area (TPSA) is 64.9 Å². The molecule has 0 atom stereocenters. The largest absolute Gasteiger partial charge is 0.341 e. The smallest absolute Gasteiger partial charge is 0.314 e. The molecule has 8 heavy (non-hydrogen) atoms. The maximum absolute atomic E-state index is 9.96. The Balaban J connectivity index is 0. The summed E-state index contributed by atoms with van der Waals surface area (Å²) in [5.41, 5.74) is 0. The van der Waals surface area contributed by atoms with Crippen LogP contribution >= 0.6 is 0 Å². The van der Waals surface area contributed by atoms with Crippen molar-refractivity contribution in [2.75, 3.05) is 14.1 Å². The Labute approximate surface area is 48.5 Å². The molecule has 0 fully saturated rings. The molecule has 0 aliphatic heterocycles. The fourth-order valence-electron chi connectivity index (χ4n) is 0.125. The molecule has 2 N–H and O–H groups in total. The van der Waals surface area contributed by atoms with E-state index in [9.17, 15) is 4.79 Å². The molecule has 0 saturated heterocycles. The monoisotopic (exact) mass is 115 g/mol. The van der Waals surface area contributed by atoms with E-state index in [1.807, 2.05) is 0 Å². The molecule has 0 rings (SSSR count). The Morgan fingerprint density at radius 1 is 1.38 bits per heavy atom. The van der Waals surface area contributed by atoms with Gasteiger partial charge in [0.15, 0.2) is 0 Å². The molecule has 0 aliphatic rings. The number of carbonyl (C=O) groups excluding carboxylic acids is 1. The highest BCUT2D eigenvalue weighted by Gasteiger charge is 1.81. The first-order chi connectivity index (χ1) is 3.81. The molecule has 46 valence electrons. The summed E-state index contributed by atoms with van der Waals surface area (Å²) in [6.07, 6.45) is 0. The van der Waals surface area contributed by atoms with E-state index in [0.717, 1.165) is 0 Å². The molecule has 0 aromatic rings. The van der Waals surface area contributed by atoms with Crippen LogP contribution in [0.3, 0.4) is 0 Å². The number of hydrogen-bond acceptors (Lipinski definition) is 2. The van der Waals surface area contributed by atoms with Crippen LogP contribution < -0.4 is 10.6 Å².